The molecule has 0 bridgehead atoms. The molecule has 1 aliphatic carbocycles. The Morgan fingerprint density at radius 2 is 2.24 bits per heavy atom. The highest BCUT2D eigenvalue weighted by Crippen LogP contribution is 2.37. The summed E-state index contributed by atoms with van der Waals surface area (Å²) in [6.07, 6.45) is 6.10. The quantitative estimate of drug-likeness (QED) is 0.820. The number of aromatic nitrogens is 4. The fourth-order valence-electron chi connectivity index (χ4n) is 2.42. The average molecular weight is 249 g/mol. The minimum atomic E-state index is 0.243. The highest BCUT2D eigenvalue weighted by Gasteiger charge is 2.27. The van der Waals surface area contributed by atoms with Gasteiger partial charge in [-0.2, -0.15) is 0 Å². The number of hydrogen-bond acceptors (Lipinski definition) is 5. The van der Waals surface area contributed by atoms with E-state index in [1.165, 1.54) is 6.33 Å². The molecule has 0 spiro atoms. The van der Waals surface area contributed by atoms with E-state index in [4.69, 9.17) is 5.73 Å². The maximum absolute atomic E-state index is 10.9. The zero-order valence-electron chi connectivity index (χ0n) is 9.15. The van der Waals surface area contributed by atoms with Gasteiger partial charge in [-0.1, -0.05) is 0 Å². The highest BCUT2D eigenvalue weighted by molar-refractivity contribution is 7.24. The molecule has 88 valence electrons. The third-order valence-electron chi connectivity index (χ3n) is 3.31. The van der Waals surface area contributed by atoms with Crippen LogP contribution in [-0.2, 0) is 4.57 Å². The minimum Gasteiger partial charge on any atom is -0.382 e. The van der Waals surface area contributed by atoms with Crippen LogP contribution in [-0.4, -0.2) is 25.2 Å². The Balaban J connectivity index is 2.01. The summed E-state index contributed by atoms with van der Waals surface area (Å²) in [5, 5.41) is 0. The first-order valence-electron chi connectivity index (χ1n) is 5.55. The van der Waals surface area contributed by atoms with Crippen molar-refractivity contribution >= 4 is 25.4 Å². The standard InChI is InChI=1S/C10H12N5OP/c11-9-8-10(13-4-12-9)15(5-14-8)6-1-2-7(3-6)17-16/h4-7H,1-3H2,(H2,11,12,13). The monoisotopic (exact) mass is 249 g/mol. The number of rotatable bonds is 2. The van der Waals surface area contributed by atoms with Gasteiger partial charge in [0, 0.05) is 11.7 Å². The predicted molar refractivity (Wildman–Crippen MR) is 64.0 cm³/mol. The van der Waals surface area contributed by atoms with E-state index >= 15 is 0 Å². The van der Waals surface area contributed by atoms with Gasteiger partial charge in [0.15, 0.2) is 19.9 Å². The van der Waals surface area contributed by atoms with Crippen LogP contribution < -0.4 is 5.73 Å². The van der Waals surface area contributed by atoms with Gasteiger partial charge in [0.25, 0.3) is 0 Å². The van der Waals surface area contributed by atoms with E-state index in [0.717, 1.165) is 24.9 Å². The largest absolute Gasteiger partial charge is 0.382 e. The van der Waals surface area contributed by atoms with Gasteiger partial charge in [0.2, 0.25) is 0 Å². The number of nitrogens with two attached hydrogens (primary N) is 1. The Labute approximate surface area is 99.5 Å². The zero-order valence-corrected chi connectivity index (χ0v) is 10.0. The second-order valence-electron chi connectivity index (χ2n) is 4.31. The van der Waals surface area contributed by atoms with Crippen molar-refractivity contribution in [1.82, 2.24) is 19.5 Å². The van der Waals surface area contributed by atoms with Gasteiger partial charge in [0.1, 0.15) is 11.8 Å². The summed E-state index contributed by atoms with van der Waals surface area (Å²) in [7, 11) is 0.243. The zero-order chi connectivity index (χ0) is 11.8. The summed E-state index contributed by atoms with van der Waals surface area (Å²) < 4.78 is 12.9. The van der Waals surface area contributed by atoms with Crippen molar-refractivity contribution in [1.29, 1.82) is 0 Å². The summed E-state index contributed by atoms with van der Waals surface area (Å²) in [5.74, 6) is 0.408. The molecule has 0 radical (unpaired) electrons. The molecule has 2 aromatic rings. The molecule has 2 N–H and O–H groups in total. The van der Waals surface area contributed by atoms with E-state index < -0.39 is 0 Å². The number of anilines is 1. The van der Waals surface area contributed by atoms with Crippen molar-refractivity contribution in [3.8, 4) is 0 Å². The smallest absolute Gasteiger partial charge is 0.165 e. The van der Waals surface area contributed by atoms with Gasteiger partial charge < -0.3 is 10.3 Å². The summed E-state index contributed by atoms with van der Waals surface area (Å²) in [4.78, 5) is 12.4. The molecule has 1 aliphatic rings. The Bertz CT molecular complexity index is 569. The molecule has 17 heavy (non-hydrogen) atoms. The molecular formula is C10H12N5OP. The summed E-state index contributed by atoms with van der Waals surface area (Å²) in [6.45, 7) is 0. The van der Waals surface area contributed by atoms with E-state index in [1.54, 1.807) is 6.33 Å². The van der Waals surface area contributed by atoms with Gasteiger partial charge in [-0.25, -0.2) is 15.0 Å². The lowest BCUT2D eigenvalue weighted by atomic mass is 10.2. The Morgan fingerprint density at radius 1 is 1.35 bits per heavy atom. The van der Waals surface area contributed by atoms with Gasteiger partial charge in [-0.05, 0) is 19.3 Å². The van der Waals surface area contributed by atoms with Crippen molar-refractivity contribution < 1.29 is 4.57 Å². The molecule has 2 unspecified atom stereocenters. The molecule has 2 atom stereocenters. The molecule has 0 amide bonds. The molecule has 2 aromatic heterocycles. The molecule has 2 heterocycles. The van der Waals surface area contributed by atoms with E-state index in [2.05, 4.69) is 15.0 Å². The Hall–Kier alpha value is -1.55. The van der Waals surface area contributed by atoms with Gasteiger partial charge in [-0.15, -0.1) is 0 Å². The Morgan fingerprint density at radius 3 is 3.00 bits per heavy atom. The second-order valence-corrected chi connectivity index (χ2v) is 5.25. The fourth-order valence-corrected chi connectivity index (χ4v) is 3.00. The lowest BCUT2D eigenvalue weighted by Gasteiger charge is -2.11. The van der Waals surface area contributed by atoms with Gasteiger partial charge in [0.05, 0.1) is 6.33 Å². The minimum absolute atomic E-state index is 0.243. The van der Waals surface area contributed by atoms with Crippen LogP contribution in [0.1, 0.15) is 25.3 Å². The third-order valence-corrected chi connectivity index (χ3v) is 4.07. The molecule has 0 aromatic carbocycles. The van der Waals surface area contributed by atoms with E-state index in [9.17, 15) is 4.57 Å². The maximum atomic E-state index is 10.9. The van der Waals surface area contributed by atoms with Gasteiger partial charge >= 0.3 is 0 Å². The normalized spacial score (nSPS) is 24.7. The first kappa shape index (κ1) is 10.6. The van der Waals surface area contributed by atoms with Crippen LogP contribution >= 0.6 is 8.46 Å². The topological polar surface area (TPSA) is 86.7 Å². The van der Waals surface area contributed by atoms with Crippen molar-refractivity contribution in [3.63, 3.8) is 0 Å². The molecular weight excluding hydrogens is 237 g/mol. The first-order chi connectivity index (χ1) is 8.29. The predicted octanol–water partition coefficient (Wildman–Crippen LogP) is 1.79. The number of fused-ring (bicyclic) bond motifs is 1. The fraction of sp³-hybridized carbons (Fsp3) is 0.500. The number of nitrogen functional groups attached to an aromatic ring is 1. The highest BCUT2D eigenvalue weighted by atomic mass is 31.1. The molecule has 6 nitrogen and oxygen atoms in total. The van der Waals surface area contributed by atoms with Crippen LogP contribution in [0.25, 0.3) is 11.2 Å². The van der Waals surface area contributed by atoms with E-state index in [1.807, 2.05) is 4.57 Å². The lowest BCUT2D eigenvalue weighted by Crippen LogP contribution is -2.05. The van der Waals surface area contributed by atoms with E-state index in [-0.39, 0.29) is 14.1 Å². The molecule has 1 saturated carbocycles. The molecule has 7 heteroatoms. The van der Waals surface area contributed by atoms with Crippen molar-refractivity contribution in [3.05, 3.63) is 12.7 Å². The number of nitrogens with zero attached hydrogens (tertiary/aromatic N) is 4. The third kappa shape index (κ3) is 1.69. The van der Waals surface area contributed by atoms with Crippen LogP contribution in [0.5, 0.6) is 0 Å². The number of imidazole rings is 1. The van der Waals surface area contributed by atoms with Crippen molar-refractivity contribution in [2.75, 3.05) is 5.73 Å². The van der Waals surface area contributed by atoms with Crippen LogP contribution in [0.2, 0.25) is 0 Å². The SMILES string of the molecule is Nc1ncnc2c1ncn2C1CCC(P=O)C1. The second kappa shape index (κ2) is 4.04. The maximum Gasteiger partial charge on any atom is 0.165 e. The van der Waals surface area contributed by atoms with E-state index in [0.29, 0.717) is 17.4 Å². The van der Waals surface area contributed by atoms with Crippen LogP contribution in [0.3, 0.4) is 0 Å². The number of hydrogen-bond donors (Lipinski definition) is 1. The summed E-state index contributed by atoms with van der Waals surface area (Å²) in [6, 6.07) is 0.320. The lowest BCUT2D eigenvalue weighted by molar-refractivity contribution is 0.527. The van der Waals surface area contributed by atoms with Gasteiger partial charge in [-0.3, -0.25) is 4.57 Å². The Kier molecular flexibility index (Phi) is 2.52. The molecule has 0 aliphatic heterocycles. The average Bonchev–Trinajstić information content (AvgIpc) is 2.94. The van der Waals surface area contributed by atoms with Crippen molar-refractivity contribution in [2.45, 2.75) is 31.0 Å². The molecule has 1 fully saturated rings. The van der Waals surface area contributed by atoms with Crippen molar-refractivity contribution in [2.24, 2.45) is 0 Å². The summed E-state index contributed by atoms with van der Waals surface area (Å²) >= 11 is 0. The van der Waals surface area contributed by atoms with Crippen LogP contribution in [0.4, 0.5) is 5.82 Å². The first-order valence-corrected chi connectivity index (χ1v) is 6.43. The molecule has 0 saturated heterocycles. The van der Waals surface area contributed by atoms with Crippen LogP contribution in [0, 0.1) is 0 Å². The van der Waals surface area contributed by atoms with Crippen LogP contribution in [0.15, 0.2) is 12.7 Å². The molecule has 3 rings (SSSR count). The summed E-state index contributed by atoms with van der Waals surface area (Å²) in [5.41, 5.74) is 7.42.